The van der Waals surface area contributed by atoms with Crippen LogP contribution in [0.1, 0.15) is 16.8 Å². The lowest BCUT2D eigenvalue weighted by Gasteiger charge is -2.22. The highest BCUT2D eigenvalue weighted by Crippen LogP contribution is 2.17. The van der Waals surface area contributed by atoms with E-state index in [1.807, 2.05) is 29.2 Å². The molecule has 22 heavy (non-hydrogen) atoms. The van der Waals surface area contributed by atoms with Crippen LogP contribution in [0.5, 0.6) is 0 Å². The van der Waals surface area contributed by atoms with E-state index in [9.17, 15) is 4.79 Å². The number of anilines is 2. The summed E-state index contributed by atoms with van der Waals surface area (Å²) in [6.45, 7) is 3.00. The SMILES string of the molecule is Nc1ccccc1C(=O)N1CCCN(c2cccnn2)CC1. The molecule has 0 unspecified atom stereocenters. The number of aromatic nitrogens is 2. The van der Waals surface area contributed by atoms with Gasteiger partial charge in [-0.05, 0) is 30.7 Å². The molecule has 0 saturated carbocycles. The summed E-state index contributed by atoms with van der Waals surface area (Å²) in [5, 5.41) is 8.05. The van der Waals surface area contributed by atoms with Crippen LogP contribution in [0.25, 0.3) is 0 Å². The highest BCUT2D eigenvalue weighted by Gasteiger charge is 2.22. The van der Waals surface area contributed by atoms with Gasteiger partial charge in [0.05, 0.1) is 5.56 Å². The minimum atomic E-state index is -0.000837. The molecule has 1 saturated heterocycles. The van der Waals surface area contributed by atoms with E-state index in [1.165, 1.54) is 0 Å². The Morgan fingerprint density at radius 3 is 2.68 bits per heavy atom. The van der Waals surface area contributed by atoms with Crippen molar-refractivity contribution in [3.63, 3.8) is 0 Å². The van der Waals surface area contributed by atoms with Crippen LogP contribution in [-0.2, 0) is 0 Å². The van der Waals surface area contributed by atoms with Crippen LogP contribution in [0.4, 0.5) is 11.5 Å². The topological polar surface area (TPSA) is 75.4 Å². The molecule has 1 aromatic carbocycles. The van der Waals surface area contributed by atoms with Gasteiger partial charge in [-0.15, -0.1) is 5.10 Å². The summed E-state index contributed by atoms with van der Waals surface area (Å²) < 4.78 is 0. The van der Waals surface area contributed by atoms with Crippen molar-refractivity contribution in [2.75, 3.05) is 36.8 Å². The first-order chi connectivity index (χ1) is 10.8. The Morgan fingerprint density at radius 1 is 1.05 bits per heavy atom. The Balaban J connectivity index is 1.70. The summed E-state index contributed by atoms with van der Waals surface area (Å²) in [5.41, 5.74) is 7.02. The van der Waals surface area contributed by atoms with Gasteiger partial charge in [-0.2, -0.15) is 5.10 Å². The van der Waals surface area contributed by atoms with Gasteiger partial charge in [0.1, 0.15) is 0 Å². The summed E-state index contributed by atoms with van der Waals surface area (Å²) in [5.74, 6) is 0.857. The van der Waals surface area contributed by atoms with Crippen LogP contribution in [0.15, 0.2) is 42.6 Å². The fraction of sp³-hybridized carbons (Fsp3) is 0.312. The van der Waals surface area contributed by atoms with E-state index in [0.717, 1.165) is 31.9 Å². The van der Waals surface area contributed by atoms with Gasteiger partial charge in [0.25, 0.3) is 5.91 Å². The van der Waals surface area contributed by atoms with E-state index in [1.54, 1.807) is 18.3 Å². The molecule has 0 aliphatic carbocycles. The molecule has 2 N–H and O–H groups in total. The van der Waals surface area contributed by atoms with Crippen LogP contribution in [0.3, 0.4) is 0 Å². The zero-order valence-corrected chi connectivity index (χ0v) is 12.4. The first-order valence-corrected chi connectivity index (χ1v) is 7.42. The Hall–Kier alpha value is -2.63. The second-order valence-corrected chi connectivity index (χ2v) is 5.30. The molecular weight excluding hydrogens is 278 g/mol. The van der Waals surface area contributed by atoms with Crippen molar-refractivity contribution < 1.29 is 4.79 Å². The summed E-state index contributed by atoms with van der Waals surface area (Å²) in [4.78, 5) is 16.6. The molecule has 0 radical (unpaired) electrons. The molecule has 0 spiro atoms. The normalized spacial score (nSPS) is 15.5. The number of benzene rings is 1. The van der Waals surface area contributed by atoms with E-state index in [-0.39, 0.29) is 5.91 Å². The second kappa shape index (κ2) is 6.43. The van der Waals surface area contributed by atoms with Crippen molar-refractivity contribution in [2.45, 2.75) is 6.42 Å². The van der Waals surface area contributed by atoms with Crippen LogP contribution in [0.2, 0.25) is 0 Å². The zero-order valence-electron chi connectivity index (χ0n) is 12.4. The smallest absolute Gasteiger partial charge is 0.256 e. The highest BCUT2D eigenvalue weighted by atomic mass is 16.2. The number of hydrogen-bond donors (Lipinski definition) is 1. The Labute approximate surface area is 129 Å². The fourth-order valence-electron chi connectivity index (χ4n) is 2.67. The number of nitrogens with zero attached hydrogens (tertiary/aromatic N) is 4. The Bertz CT molecular complexity index is 646. The molecular formula is C16H19N5O. The van der Waals surface area contributed by atoms with E-state index in [4.69, 9.17) is 5.73 Å². The molecule has 1 aromatic heterocycles. The van der Waals surface area contributed by atoms with Gasteiger partial charge in [-0.1, -0.05) is 12.1 Å². The summed E-state index contributed by atoms with van der Waals surface area (Å²) in [6, 6.07) is 11.0. The van der Waals surface area contributed by atoms with Gasteiger partial charge in [-0.25, -0.2) is 0 Å². The molecule has 2 aromatic rings. The number of carbonyl (C=O) groups is 1. The van der Waals surface area contributed by atoms with Crippen molar-refractivity contribution in [2.24, 2.45) is 0 Å². The van der Waals surface area contributed by atoms with Crippen LogP contribution in [0, 0.1) is 0 Å². The van der Waals surface area contributed by atoms with Crippen molar-refractivity contribution in [1.29, 1.82) is 0 Å². The first-order valence-electron chi connectivity index (χ1n) is 7.42. The predicted octanol–water partition coefficient (Wildman–Crippen LogP) is 1.41. The number of carbonyl (C=O) groups excluding carboxylic acids is 1. The number of nitrogens with two attached hydrogens (primary N) is 1. The standard InChI is InChI=1S/C16H19N5O/c17-14-6-2-1-5-13(14)16(22)21-10-4-9-20(11-12-21)15-7-3-8-18-19-15/h1-3,5-8H,4,9-12,17H2. The summed E-state index contributed by atoms with van der Waals surface area (Å²) >= 11 is 0. The number of para-hydroxylation sites is 1. The average molecular weight is 297 g/mol. The average Bonchev–Trinajstić information content (AvgIpc) is 2.81. The molecule has 1 amide bonds. The molecule has 3 rings (SSSR count). The maximum Gasteiger partial charge on any atom is 0.256 e. The molecule has 114 valence electrons. The van der Waals surface area contributed by atoms with Gasteiger partial charge in [-0.3, -0.25) is 4.79 Å². The molecule has 1 aliphatic heterocycles. The molecule has 1 aliphatic rings. The van der Waals surface area contributed by atoms with Crippen molar-refractivity contribution in [3.05, 3.63) is 48.2 Å². The lowest BCUT2D eigenvalue weighted by atomic mass is 10.1. The third-order valence-electron chi connectivity index (χ3n) is 3.86. The van der Waals surface area contributed by atoms with E-state index < -0.39 is 0 Å². The van der Waals surface area contributed by atoms with Gasteiger partial charge < -0.3 is 15.5 Å². The third-order valence-corrected chi connectivity index (χ3v) is 3.86. The van der Waals surface area contributed by atoms with Crippen LogP contribution in [-0.4, -0.2) is 47.2 Å². The van der Waals surface area contributed by atoms with E-state index in [2.05, 4.69) is 15.1 Å². The van der Waals surface area contributed by atoms with Crippen LogP contribution >= 0.6 is 0 Å². The zero-order chi connectivity index (χ0) is 15.4. The Morgan fingerprint density at radius 2 is 1.91 bits per heavy atom. The summed E-state index contributed by atoms with van der Waals surface area (Å²) in [7, 11) is 0. The minimum Gasteiger partial charge on any atom is -0.398 e. The fourth-order valence-corrected chi connectivity index (χ4v) is 2.67. The monoisotopic (exact) mass is 297 g/mol. The first kappa shape index (κ1) is 14.3. The van der Waals surface area contributed by atoms with Gasteiger partial charge in [0.15, 0.2) is 5.82 Å². The second-order valence-electron chi connectivity index (χ2n) is 5.30. The Kier molecular flexibility index (Phi) is 4.18. The lowest BCUT2D eigenvalue weighted by Crippen LogP contribution is -2.35. The van der Waals surface area contributed by atoms with Gasteiger partial charge >= 0.3 is 0 Å². The van der Waals surface area contributed by atoms with E-state index in [0.29, 0.717) is 17.8 Å². The van der Waals surface area contributed by atoms with E-state index >= 15 is 0 Å². The molecule has 0 atom stereocenters. The molecule has 1 fully saturated rings. The largest absolute Gasteiger partial charge is 0.398 e. The molecule has 0 bridgehead atoms. The van der Waals surface area contributed by atoms with Gasteiger partial charge in [0, 0.05) is 38.1 Å². The van der Waals surface area contributed by atoms with Crippen molar-refractivity contribution in [1.82, 2.24) is 15.1 Å². The number of nitrogen functional groups attached to an aromatic ring is 1. The number of hydrogen-bond acceptors (Lipinski definition) is 5. The number of amides is 1. The molecule has 6 heteroatoms. The summed E-state index contributed by atoms with van der Waals surface area (Å²) in [6.07, 6.45) is 2.56. The molecule has 6 nitrogen and oxygen atoms in total. The number of rotatable bonds is 2. The minimum absolute atomic E-state index is 0.000837. The highest BCUT2D eigenvalue weighted by molar-refractivity contribution is 5.99. The lowest BCUT2D eigenvalue weighted by molar-refractivity contribution is 0.0768. The van der Waals surface area contributed by atoms with Gasteiger partial charge in [0.2, 0.25) is 0 Å². The van der Waals surface area contributed by atoms with Crippen LogP contribution < -0.4 is 10.6 Å². The maximum absolute atomic E-state index is 12.6. The van der Waals surface area contributed by atoms with Crippen molar-refractivity contribution >= 4 is 17.4 Å². The molecule has 2 heterocycles. The predicted molar refractivity (Wildman–Crippen MR) is 85.6 cm³/mol. The van der Waals surface area contributed by atoms with Crippen molar-refractivity contribution in [3.8, 4) is 0 Å². The maximum atomic E-state index is 12.6. The third kappa shape index (κ3) is 3.00. The quantitative estimate of drug-likeness (QED) is 0.848.